The third kappa shape index (κ3) is 2.58. The van der Waals surface area contributed by atoms with Gasteiger partial charge in [-0.15, -0.1) is 0 Å². The van der Waals surface area contributed by atoms with E-state index in [1.54, 1.807) is 7.11 Å². The first-order valence-corrected chi connectivity index (χ1v) is 5.53. The normalized spacial score (nSPS) is 14.6. The molecule has 0 saturated carbocycles. The van der Waals surface area contributed by atoms with Crippen LogP contribution >= 0.6 is 11.6 Å². The number of benzene rings is 1. The first-order valence-electron chi connectivity index (χ1n) is 5.15. The van der Waals surface area contributed by atoms with Crippen molar-refractivity contribution in [2.75, 3.05) is 20.3 Å². The van der Waals surface area contributed by atoms with E-state index in [-0.39, 0.29) is 0 Å². The Balaban J connectivity index is 2.24. The summed E-state index contributed by atoms with van der Waals surface area (Å²) < 4.78 is 11.1. The maximum Gasteiger partial charge on any atom is 0.179 e. The first kappa shape index (κ1) is 11.5. The molecule has 0 radical (unpaired) electrons. The van der Waals surface area contributed by atoms with Crippen LogP contribution in [0.25, 0.3) is 0 Å². The van der Waals surface area contributed by atoms with Gasteiger partial charge in [-0.05, 0) is 17.7 Å². The molecule has 4 nitrogen and oxygen atoms in total. The fourth-order valence-corrected chi connectivity index (χ4v) is 1.83. The van der Waals surface area contributed by atoms with Crippen LogP contribution in [-0.2, 0) is 11.4 Å². The highest BCUT2D eigenvalue weighted by molar-refractivity contribution is 6.32. The van der Waals surface area contributed by atoms with Crippen LogP contribution in [0.15, 0.2) is 12.1 Å². The zero-order chi connectivity index (χ0) is 11.4. The zero-order valence-corrected chi connectivity index (χ0v) is 9.84. The smallest absolute Gasteiger partial charge is 0.179 e. The minimum Gasteiger partial charge on any atom is -0.489 e. The van der Waals surface area contributed by atoms with Crippen LogP contribution < -0.4 is 15.0 Å². The molecule has 0 aliphatic carbocycles. The largest absolute Gasteiger partial charge is 0.489 e. The number of ether oxygens (including phenoxy) is 2. The van der Waals surface area contributed by atoms with Crippen LogP contribution in [0, 0.1) is 0 Å². The summed E-state index contributed by atoms with van der Waals surface area (Å²) in [6.45, 7) is 1.87. The Hall–Kier alpha value is -0.970. The highest BCUT2D eigenvalue weighted by Gasteiger charge is 2.15. The van der Waals surface area contributed by atoms with E-state index in [0.29, 0.717) is 36.3 Å². The quantitative estimate of drug-likeness (QED) is 0.826. The van der Waals surface area contributed by atoms with Crippen LogP contribution in [0.4, 0.5) is 0 Å². The minimum atomic E-state index is 0.576. The zero-order valence-electron chi connectivity index (χ0n) is 9.09. The molecule has 1 heterocycles. The van der Waals surface area contributed by atoms with Gasteiger partial charge in [0.15, 0.2) is 11.5 Å². The molecule has 1 aliphatic heterocycles. The van der Waals surface area contributed by atoms with Crippen LogP contribution in [0.3, 0.4) is 0 Å². The molecule has 0 fully saturated rings. The molecular formula is C11H14ClNO3. The minimum absolute atomic E-state index is 0.576. The molecule has 1 aromatic carbocycles. The van der Waals surface area contributed by atoms with Crippen molar-refractivity contribution in [1.29, 1.82) is 0 Å². The Bertz CT molecular complexity index is 370. The van der Waals surface area contributed by atoms with Gasteiger partial charge in [0.1, 0.15) is 0 Å². The Morgan fingerprint density at radius 1 is 1.38 bits per heavy atom. The van der Waals surface area contributed by atoms with Gasteiger partial charge in [-0.25, -0.2) is 0 Å². The second kappa shape index (κ2) is 5.39. The molecule has 1 aromatic rings. The van der Waals surface area contributed by atoms with Crippen molar-refractivity contribution in [3.63, 3.8) is 0 Å². The third-order valence-corrected chi connectivity index (χ3v) is 2.56. The number of rotatable bonds is 3. The number of fused-ring (bicyclic) bond motifs is 1. The monoisotopic (exact) mass is 243 g/mol. The van der Waals surface area contributed by atoms with Crippen molar-refractivity contribution in [1.82, 2.24) is 5.48 Å². The lowest BCUT2D eigenvalue weighted by molar-refractivity contribution is 0.0866. The summed E-state index contributed by atoms with van der Waals surface area (Å²) in [5.74, 6) is 1.35. The number of hydrogen-bond donors (Lipinski definition) is 1. The maximum atomic E-state index is 6.13. The fraction of sp³-hybridized carbons (Fsp3) is 0.455. The van der Waals surface area contributed by atoms with Crippen LogP contribution in [0.1, 0.15) is 12.0 Å². The van der Waals surface area contributed by atoms with Crippen LogP contribution in [0.5, 0.6) is 11.5 Å². The molecule has 0 spiro atoms. The molecule has 1 N–H and O–H groups in total. The average molecular weight is 244 g/mol. The second-order valence-corrected chi connectivity index (χ2v) is 3.89. The molecule has 2 rings (SSSR count). The van der Waals surface area contributed by atoms with Gasteiger partial charge in [-0.3, -0.25) is 0 Å². The molecule has 16 heavy (non-hydrogen) atoms. The molecule has 0 bridgehead atoms. The highest BCUT2D eigenvalue weighted by Crippen LogP contribution is 2.37. The maximum absolute atomic E-state index is 6.13. The molecule has 0 unspecified atom stereocenters. The van der Waals surface area contributed by atoms with Crippen molar-refractivity contribution in [2.45, 2.75) is 13.0 Å². The van der Waals surface area contributed by atoms with Crippen molar-refractivity contribution < 1.29 is 14.3 Å². The van der Waals surface area contributed by atoms with E-state index in [1.165, 1.54) is 0 Å². The summed E-state index contributed by atoms with van der Waals surface area (Å²) in [4.78, 5) is 4.79. The lowest BCUT2D eigenvalue weighted by atomic mass is 10.2. The van der Waals surface area contributed by atoms with E-state index in [9.17, 15) is 0 Å². The standard InChI is InChI=1S/C11H14ClNO3/c1-14-13-7-8-5-9(12)11-10(6-8)15-3-2-4-16-11/h5-6,13H,2-4,7H2,1H3. The average Bonchev–Trinajstić information content (AvgIpc) is 2.51. The lowest BCUT2D eigenvalue weighted by Crippen LogP contribution is -2.10. The third-order valence-electron chi connectivity index (χ3n) is 2.28. The lowest BCUT2D eigenvalue weighted by Gasteiger charge is -2.11. The van der Waals surface area contributed by atoms with E-state index in [4.69, 9.17) is 25.9 Å². The van der Waals surface area contributed by atoms with E-state index < -0.39 is 0 Å². The molecule has 0 saturated heterocycles. The first-order chi connectivity index (χ1) is 7.81. The summed E-state index contributed by atoms with van der Waals surface area (Å²) in [5.41, 5.74) is 3.76. The molecule has 0 aromatic heterocycles. The predicted molar refractivity (Wildman–Crippen MR) is 60.9 cm³/mol. The summed E-state index contributed by atoms with van der Waals surface area (Å²) in [7, 11) is 1.57. The Morgan fingerprint density at radius 3 is 3.00 bits per heavy atom. The molecular weight excluding hydrogens is 230 g/mol. The molecule has 5 heteroatoms. The molecule has 1 aliphatic rings. The van der Waals surface area contributed by atoms with Gasteiger partial charge in [-0.1, -0.05) is 11.6 Å². The van der Waals surface area contributed by atoms with Gasteiger partial charge in [0.2, 0.25) is 0 Å². The Kier molecular flexibility index (Phi) is 3.88. The fourth-order valence-electron chi connectivity index (χ4n) is 1.54. The van der Waals surface area contributed by atoms with Crippen molar-refractivity contribution >= 4 is 11.6 Å². The molecule has 0 atom stereocenters. The SMILES string of the molecule is CONCc1cc(Cl)c2c(c1)OCCCO2. The molecule has 0 amide bonds. The van der Waals surface area contributed by atoms with Crippen molar-refractivity contribution in [3.8, 4) is 11.5 Å². The molecule has 88 valence electrons. The summed E-state index contributed by atoms with van der Waals surface area (Å²) in [6, 6.07) is 3.76. The Morgan fingerprint density at radius 2 is 2.19 bits per heavy atom. The number of nitrogens with one attached hydrogen (secondary N) is 1. The second-order valence-electron chi connectivity index (χ2n) is 3.48. The van der Waals surface area contributed by atoms with Gasteiger partial charge < -0.3 is 14.3 Å². The van der Waals surface area contributed by atoms with Crippen LogP contribution in [-0.4, -0.2) is 20.3 Å². The number of hydrogen-bond acceptors (Lipinski definition) is 4. The van der Waals surface area contributed by atoms with Gasteiger partial charge in [0, 0.05) is 13.0 Å². The van der Waals surface area contributed by atoms with E-state index in [2.05, 4.69) is 5.48 Å². The van der Waals surface area contributed by atoms with Gasteiger partial charge >= 0.3 is 0 Å². The Labute approximate surface area is 99.4 Å². The van der Waals surface area contributed by atoms with Gasteiger partial charge in [0.05, 0.1) is 25.3 Å². The summed E-state index contributed by atoms with van der Waals surface area (Å²) >= 11 is 6.13. The number of halogens is 1. The van der Waals surface area contributed by atoms with Gasteiger partial charge in [-0.2, -0.15) is 5.48 Å². The predicted octanol–water partition coefficient (Wildman–Crippen LogP) is 2.15. The summed E-state index contributed by atoms with van der Waals surface area (Å²) in [6.07, 6.45) is 0.872. The highest BCUT2D eigenvalue weighted by atomic mass is 35.5. The van der Waals surface area contributed by atoms with Crippen molar-refractivity contribution in [3.05, 3.63) is 22.7 Å². The topological polar surface area (TPSA) is 39.7 Å². The number of hydroxylamine groups is 1. The summed E-state index contributed by atoms with van der Waals surface area (Å²) in [5, 5.41) is 0.576. The van der Waals surface area contributed by atoms with Crippen molar-refractivity contribution in [2.24, 2.45) is 0 Å². The van der Waals surface area contributed by atoms with E-state index >= 15 is 0 Å². The van der Waals surface area contributed by atoms with E-state index in [0.717, 1.165) is 12.0 Å². The van der Waals surface area contributed by atoms with E-state index in [1.807, 2.05) is 12.1 Å². The van der Waals surface area contributed by atoms with Gasteiger partial charge in [0.25, 0.3) is 0 Å². The van der Waals surface area contributed by atoms with Crippen LogP contribution in [0.2, 0.25) is 5.02 Å².